The molecule has 2 amide bonds. The molecule has 0 aromatic heterocycles. The fraction of sp³-hybridized carbons (Fsp3) is 0.556. The molecule has 0 unspecified atom stereocenters. The van der Waals surface area contributed by atoms with Crippen LogP contribution < -0.4 is 9.80 Å². The number of hydrogen-bond acceptors (Lipinski definition) is 3. The minimum Gasteiger partial charge on any atom is -0.368 e. The number of fused-ring (bicyclic) bond motifs is 1. The largest absolute Gasteiger partial charge is 0.368 e. The molecular weight excluding hydrogens is 290 g/mol. The molecule has 1 aromatic carbocycles. The number of benzene rings is 1. The van der Waals surface area contributed by atoms with Crippen molar-refractivity contribution in [2.45, 2.75) is 26.7 Å². The van der Waals surface area contributed by atoms with Gasteiger partial charge in [0, 0.05) is 51.0 Å². The summed E-state index contributed by atoms with van der Waals surface area (Å²) in [6.45, 7) is 7.43. The van der Waals surface area contributed by atoms with Gasteiger partial charge in [-0.25, -0.2) is 0 Å². The quantitative estimate of drug-likeness (QED) is 0.856. The second kappa shape index (κ2) is 6.22. The number of carbonyl (C=O) groups excluding carboxylic acids is 2. The molecule has 23 heavy (non-hydrogen) atoms. The summed E-state index contributed by atoms with van der Waals surface area (Å²) in [6.07, 6.45) is 1.12. The van der Waals surface area contributed by atoms with E-state index in [0.29, 0.717) is 18.8 Å². The first kappa shape index (κ1) is 15.8. The van der Waals surface area contributed by atoms with Gasteiger partial charge in [0.05, 0.1) is 6.42 Å². The number of carbonyl (C=O) groups is 2. The van der Waals surface area contributed by atoms with Gasteiger partial charge in [-0.3, -0.25) is 9.59 Å². The molecule has 1 fully saturated rings. The highest BCUT2D eigenvalue weighted by Crippen LogP contribution is 2.31. The summed E-state index contributed by atoms with van der Waals surface area (Å²) in [5.74, 6) is 0.828. The third-order valence-electron chi connectivity index (χ3n) is 4.72. The van der Waals surface area contributed by atoms with Gasteiger partial charge in [-0.15, -0.1) is 0 Å². The molecule has 0 saturated carbocycles. The van der Waals surface area contributed by atoms with Crippen molar-refractivity contribution in [1.29, 1.82) is 0 Å². The van der Waals surface area contributed by atoms with Gasteiger partial charge < -0.3 is 14.7 Å². The van der Waals surface area contributed by atoms with E-state index in [9.17, 15) is 9.59 Å². The average molecular weight is 315 g/mol. The summed E-state index contributed by atoms with van der Waals surface area (Å²) in [4.78, 5) is 29.9. The highest BCUT2D eigenvalue weighted by molar-refractivity contribution is 6.01. The monoisotopic (exact) mass is 315 g/mol. The molecule has 5 nitrogen and oxygen atoms in total. The van der Waals surface area contributed by atoms with Crippen LogP contribution in [0, 0.1) is 5.92 Å². The Morgan fingerprint density at radius 2 is 1.87 bits per heavy atom. The van der Waals surface area contributed by atoms with E-state index < -0.39 is 0 Å². The maximum absolute atomic E-state index is 12.1. The maximum Gasteiger partial charge on any atom is 0.231 e. The number of piperazine rings is 1. The van der Waals surface area contributed by atoms with E-state index in [1.807, 2.05) is 18.0 Å². The van der Waals surface area contributed by atoms with Crippen LogP contribution in [-0.2, 0) is 16.0 Å². The van der Waals surface area contributed by atoms with Crippen molar-refractivity contribution in [2.75, 3.05) is 43.0 Å². The van der Waals surface area contributed by atoms with E-state index in [1.165, 1.54) is 0 Å². The van der Waals surface area contributed by atoms with E-state index in [1.54, 1.807) is 4.90 Å². The zero-order valence-electron chi connectivity index (χ0n) is 14.2. The smallest absolute Gasteiger partial charge is 0.231 e. The van der Waals surface area contributed by atoms with Crippen LogP contribution in [0.15, 0.2) is 18.2 Å². The molecule has 3 rings (SSSR count). The average Bonchev–Trinajstić information content (AvgIpc) is 2.81. The van der Waals surface area contributed by atoms with Crippen LogP contribution in [0.3, 0.4) is 0 Å². The van der Waals surface area contributed by atoms with Crippen molar-refractivity contribution in [1.82, 2.24) is 4.90 Å². The normalized spacial score (nSPS) is 17.9. The van der Waals surface area contributed by atoms with Gasteiger partial charge in [0.2, 0.25) is 11.8 Å². The van der Waals surface area contributed by atoms with Crippen molar-refractivity contribution >= 4 is 23.2 Å². The number of amides is 2. The molecule has 1 aromatic rings. The van der Waals surface area contributed by atoms with Crippen LogP contribution in [0.2, 0.25) is 0 Å². The second-order valence-electron chi connectivity index (χ2n) is 6.91. The first-order valence-corrected chi connectivity index (χ1v) is 8.38. The minimum atomic E-state index is 0.154. The van der Waals surface area contributed by atoms with E-state index in [4.69, 9.17) is 0 Å². The van der Waals surface area contributed by atoms with E-state index in [-0.39, 0.29) is 11.8 Å². The molecule has 0 radical (unpaired) electrons. The molecule has 2 heterocycles. The molecule has 124 valence electrons. The summed E-state index contributed by atoms with van der Waals surface area (Å²) in [5, 5.41) is 0. The number of anilines is 2. The summed E-state index contributed by atoms with van der Waals surface area (Å²) in [6, 6.07) is 6.24. The molecule has 2 aliphatic rings. The number of hydrogen-bond donors (Lipinski definition) is 0. The van der Waals surface area contributed by atoms with Crippen LogP contribution in [0.4, 0.5) is 11.4 Å². The van der Waals surface area contributed by atoms with Crippen molar-refractivity contribution in [2.24, 2.45) is 5.92 Å². The lowest BCUT2D eigenvalue weighted by atomic mass is 10.1. The molecule has 5 heteroatoms. The molecule has 0 atom stereocenters. The molecule has 0 bridgehead atoms. The van der Waals surface area contributed by atoms with Crippen LogP contribution in [-0.4, -0.2) is 49.9 Å². The predicted octanol–water partition coefficient (Wildman–Crippen LogP) is 1.90. The van der Waals surface area contributed by atoms with Gasteiger partial charge in [0.1, 0.15) is 0 Å². The van der Waals surface area contributed by atoms with Crippen molar-refractivity contribution in [3.05, 3.63) is 23.8 Å². The van der Waals surface area contributed by atoms with Crippen LogP contribution >= 0.6 is 0 Å². The Balaban J connectivity index is 1.64. The Morgan fingerprint density at radius 1 is 1.17 bits per heavy atom. The maximum atomic E-state index is 12.1. The van der Waals surface area contributed by atoms with Gasteiger partial charge >= 0.3 is 0 Å². The first-order valence-electron chi connectivity index (χ1n) is 8.38. The molecule has 2 aliphatic heterocycles. The molecule has 0 N–H and O–H groups in total. The number of rotatable bonds is 3. The highest BCUT2D eigenvalue weighted by atomic mass is 16.2. The summed E-state index contributed by atoms with van der Waals surface area (Å²) >= 11 is 0. The van der Waals surface area contributed by atoms with E-state index in [2.05, 4.69) is 30.9 Å². The lowest BCUT2D eigenvalue weighted by molar-refractivity contribution is -0.132. The fourth-order valence-corrected chi connectivity index (χ4v) is 3.35. The van der Waals surface area contributed by atoms with Crippen molar-refractivity contribution < 1.29 is 9.59 Å². The van der Waals surface area contributed by atoms with E-state index in [0.717, 1.165) is 43.1 Å². The van der Waals surface area contributed by atoms with Crippen molar-refractivity contribution in [3.63, 3.8) is 0 Å². The standard InChI is InChI=1S/C18H25N3O2/c1-13(2)10-18(23)21-8-6-20(7-9-21)15-4-5-16-14(11-15)12-17(22)19(16)3/h4-5,11,13H,6-10,12H2,1-3H3. The molecule has 0 spiro atoms. The Hall–Kier alpha value is -2.04. The van der Waals surface area contributed by atoms with Gasteiger partial charge in [0.25, 0.3) is 0 Å². The van der Waals surface area contributed by atoms with E-state index >= 15 is 0 Å². The summed E-state index contributed by atoms with van der Waals surface area (Å²) in [5.41, 5.74) is 3.28. The topological polar surface area (TPSA) is 43.9 Å². The van der Waals surface area contributed by atoms with Gasteiger partial charge in [0.15, 0.2) is 0 Å². The SMILES string of the molecule is CC(C)CC(=O)N1CCN(c2ccc3c(c2)CC(=O)N3C)CC1. The zero-order valence-corrected chi connectivity index (χ0v) is 14.2. The Bertz CT molecular complexity index is 619. The third-order valence-corrected chi connectivity index (χ3v) is 4.72. The molecular formula is C18H25N3O2. The molecule has 1 saturated heterocycles. The molecule has 0 aliphatic carbocycles. The Kier molecular flexibility index (Phi) is 4.28. The van der Waals surface area contributed by atoms with Crippen molar-refractivity contribution in [3.8, 4) is 0 Å². The lowest BCUT2D eigenvalue weighted by Gasteiger charge is -2.36. The van der Waals surface area contributed by atoms with Crippen LogP contribution in [0.5, 0.6) is 0 Å². The minimum absolute atomic E-state index is 0.154. The zero-order chi connectivity index (χ0) is 16.6. The summed E-state index contributed by atoms with van der Waals surface area (Å²) < 4.78 is 0. The van der Waals surface area contributed by atoms with Gasteiger partial charge in [-0.1, -0.05) is 13.8 Å². The van der Waals surface area contributed by atoms with Crippen LogP contribution in [0.25, 0.3) is 0 Å². The predicted molar refractivity (Wildman–Crippen MR) is 91.8 cm³/mol. The lowest BCUT2D eigenvalue weighted by Crippen LogP contribution is -2.49. The van der Waals surface area contributed by atoms with Crippen LogP contribution in [0.1, 0.15) is 25.8 Å². The second-order valence-corrected chi connectivity index (χ2v) is 6.91. The third kappa shape index (κ3) is 3.19. The number of nitrogens with zero attached hydrogens (tertiary/aromatic N) is 3. The first-order chi connectivity index (χ1) is 11.0. The Labute approximate surface area is 137 Å². The fourth-order valence-electron chi connectivity index (χ4n) is 3.35. The summed E-state index contributed by atoms with van der Waals surface area (Å²) in [7, 11) is 1.83. The Morgan fingerprint density at radius 3 is 2.52 bits per heavy atom. The van der Waals surface area contributed by atoms with Gasteiger partial charge in [-0.05, 0) is 29.7 Å². The van der Waals surface area contributed by atoms with Gasteiger partial charge in [-0.2, -0.15) is 0 Å². The number of likely N-dealkylation sites (N-methyl/N-ethyl adjacent to an activating group) is 1. The highest BCUT2D eigenvalue weighted by Gasteiger charge is 2.26.